The van der Waals surface area contributed by atoms with Crippen molar-refractivity contribution in [2.24, 2.45) is 11.8 Å². The fourth-order valence-corrected chi connectivity index (χ4v) is 5.62. The van der Waals surface area contributed by atoms with E-state index in [0.29, 0.717) is 28.0 Å². The van der Waals surface area contributed by atoms with Gasteiger partial charge >= 0.3 is 0 Å². The van der Waals surface area contributed by atoms with Crippen molar-refractivity contribution in [1.82, 2.24) is 9.88 Å². The Kier molecular flexibility index (Phi) is 6.09. The molecule has 1 aliphatic carbocycles. The Morgan fingerprint density at radius 1 is 1.09 bits per heavy atom. The van der Waals surface area contributed by atoms with Gasteiger partial charge in [0.1, 0.15) is 0 Å². The number of hydrogen-bond acceptors (Lipinski definition) is 6. The lowest BCUT2D eigenvalue weighted by atomic mass is 9.86. The zero-order valence-electron chi connectivity index (χ0n) is 18.2. The molecule has 170 valence electrons. The number of benzene rings is 1. The quantitative estimate of drug-likeness (QED) is 0.612. The Morgan fingerprint density at radius 2 is 1.88 bits per heavy atom. The minimum Gasteiger partial charge on any atom is -0.459 e. The first-order valence-corrected chi connectivity index (χ1v) is 12.1. The van der Waals surface area contributed by atoms with E-state index in [9.17, 15) is 14.4 Å². The number of nitrogens with one attached hydrogen (secondary N) is 1. The van der Waals surface area contributed by atoms with Crippen LogP contribution in [0.3, 0.4) is 0 Å². The maximum absolute atomic E-state index is 13.2. The molecule has 33 heavy (non-hydrogen) atoms. The molecule has 2 aromatic heterocycles. The van der Waals surface area contributed by atoms with Gasteiger partial charge in [-0.15, -0.1) is 0 Å². The second-order valence-electron chi connectivity index (χ2n) is 8.71. The van der Waals surface area contributed by atoms with Gasteiger partial charge in [-0.05, 0) is 42.9 Å². The van der Waals surface area contributed by atoms with Crippen LogP contribution in [0.15, 0.2) is 53.1 Å². The molecule has 0 bridgehead atoms. The average Bonchev–Trinajstić information content (AvgIpc) is 3.50. The minimum atomic E-state index is -0.412. The predicted molar refractivity (Wildman–Crippen MR) is 124 cm³/mol. The second-order valence-corrected chi connectivity index (χ2v) is 9.71. The molecule has 0 radical (unpaired) electrons. The molecule has 5 rings (SSSR count). The fraction of sp³-hybridized carbons (Fsp3) is 0.360. The number of carbonyl (C=O) groups excluding carboxylic acids is 3. The number of carbonyl (C=O) groups is 3. The summed E-state index contributed by atoms with van der Waals surface area (Å²) < 4.78 is 5.09. The highest BCUT2D eigenvalue weighted by Gasteiger charge is 2.36. The van der Waals surface area contributed by atoms with Crippen LogP contribution in [-0.2, 0) is 17.6 Å². The highest BCUT2D eigenvalue weighted by atomic mass is 32.1. The van der Waals surface area contributed by atoms with Gasteiger partial charge in [-0.25, -0.2) is 4.98 Å². The number of ketones is 1. The number of hydrogen-bond donors (Lipinski definition) is 1. The molecule has 3 heterocycles. The number of rotatable bonds is 5. The zero-order valence-corrected chi connectivity index (χ0v) is 19.0. The fourth-order valence-electron chi connectivity index (χ4n) is 4.69. The summed E-state index contributed by atoms with van der Waals surface area (Å²) in [6.07, 6.45) is 5.05. The Labute approximate surface area is 195 Å². The first-order chi connectivity index (χ1) is 16.1. The van der Waals surface area contributed by atoms with Gasteiger partial charge in [0.05, 0.1) is 22.8 Å². The van der Waals surface area contributed by atoms with Gasteiger partial charge in [0, 0.05) is 25.9 Å². The number of furan rings is 1. The highest BCUT2D eigenvalue weighted by Crippen LogP contribution is 2.34. The van der Waals surface area contributed by atoms with Crippen molar-refractivity contribution in [2.45, 2.75) is 32.1 Å². The van der Waals surface area contributed by atoms with Gasteiger partial charge in [0.2, 0.25) is 5.91 Å². The van der Waals surface area contributed by atoms with Gasteiger partial charge in [0.15, 0.2) is 16.7 Å². The molecule has 0 saturated carbocycles. The number of Topliss-reactive ketones (excluding diaryl/α,β-unsaturated/α-hetero) is 1. The molecule has 7 nitrogen and oxygen atoms in total. The smallest absolute Gasteiger partial charge is 0.293 e. The summed E-state index contributed by atoms with van der Waals surface area (Å²) in [6, 6.07) is 13.7. The van der Waals surface area contributed by atoms with Crippen molar-refractivity contribution in [1.29, 1.82) is 0 Å². The van der Waals surface area contributed by atoms with Gasteiger partial charge < -0.3 is 9.32 Å². The van der Waals surface area contributed by atoms with Crippen molar-refractivity contribution >= 4 is 34.1 Å². The number of likely N-dealkylation sites (tertiary alicyclic amines) is 1. The lowest BCUT2D eigenvalue weighted by Gasteiger charge is -2.35. The number of anilines is 1. The van der Waals surface area contributed by atoms with E-state index in [1.807, 2.05) is 11.0 Å². The summed E-state index contributed by atoms with van der Waals surface area (Å²) in [4.78, 5) is 45.0. The molecule has 1 N–H and O–H groups in total. The Morgan fingerprint density at radius 3 is 2.61 bits per heavy atom. The van der Waals surface area contributed by atoms with Crippen molar-refractivity contribution in [3.05, 3.63) is 70.6 Å². The molecular weight excluding hydrogens is 438 g/mol. The maximum Gasteiger partial charge on any atom is 0.293 e. The SMILES string of the molecule is O=C(Nc1nc2c(s1)C(=O)CC(C(=O)N1CCC(Cc3ccccc3)CC1)C2)c1ccco1. The molecule has 1 aromatic carbocycles. The molecule has 2 amide bonds. The van der Waals surface area contributed by atoms with Crippen molar-refractivity contribution in [3.63, 3.8) is 0 Å². The van der Waals surface area contributed by atoms with Crippen molar-refractivity contribution < 1.29 is 18.8 Å². The highest BCUT2D eigenvalue weighted by molar-refractivity contribution is 7.17. The summed E-state index contributed by atoms with van der Waals surface area (Å²) in [6.45, 7) is 1.46. The number of aromatic nitrogens is 1. The monoisotopic (exact) mass is 463 g/mol. The number of fused-ring (bicyclic) bond motifs is 1. The number of piperidine rings is 1. The molecule has 2 aliphatic rings. The van der Waals surface area contributed by atoms with Crippen LogP contribution in [0, 0.1) is 11.8 Å². The van der Waals surface area contributed by atoms with Gasteiger partial charge in [0.25, 0.3) is 5.91 Å². The summed E-state index contributed by atoms with van der Waals surface area (Å²) >= 11 is 1.16. The molecule has 1 saturated heterocycles. The van der Waals surface area contributed by atoms with E-state index in [1.165, 1.54) is 11.8 Å². The van der Waals surface area contributed by atoms with Gasteiger partial charge in [-0.2, -0.15) is 0 Å². The molecule has 1 aliphatic heterocycles. The van der Waals surface area contributed by atoms with E-state index in [2.05, 4.69) is 34.6 Å². The summed E-state index contributed by atoms with van der Waals surface area (Å²) in [5.74, 6) is -0.0741. The van der Waals surface area contributed by atoms with Gasteiger partial charge in [-0.1, -0.05) is 41.7 Å². The molecule has 0 spiro atoms. The normalized spacial score (nSPS) is 18.7. The summed E-state index contributed by atoms with van der Waals surface area (Å²) in [5, 5.41) is 3.03. The van der Waals surface area contributed by atoms with Crippen LogP contribution in [0.1, 0.15) is 50.7 Å². The summed E-state index contributed by atoms with van der Waals surface area (Å²) in [7, 11) is 0. The van der Waals surface area contributed by atoms with Crippen LogP contribution in [0.4, 0.5) is 5.13 Å². The Bertz CT molecular complexity index is 1150. The third kappa shape index (κ3) is 4.75. The molecular formula is C25H25N3O4S. The Hall–Kier alpha value is -3.26. The zero-order chi connectivity index (χ0) is 22.8. The first-order valence-electron chi connectivity index (χ1n) is 11.3. The van der Waals surface area contributed by atoms with Gasteiger partial charge in [-0.3, -0.25) is 19.7 Å². The molecule has 1 fully saturated rings. The van der Waals surface area contributed by atoms with E-state index in [4.69, 9.17) is 4.42 Å². The van der Waals surface area contributed by atoms with Crippen LogP contribution in [0.5, 0.6) is 0 Å². The minimum absolute atomic E-state index is 0.0429. The number of thiazole rings is 1. The van der Waals surface area contributed by atoms with Crippen LogP contribution in [0.25, 0.3) is 0 Å². The van der Waals surface area contributed by atoms with Crippen LogP contribution < -0.4 is 5.32 Å². The van der Waals surface area contributed by atoms with E-state index < -0.39 is 5.91 Å². The van der Waals surface area contributed by atoms with E-state index in [0.717, 1.165) is 43.7 Å². The average molecular weight is 464 g/mol. The first kappa shape index (κ1) is 21.6. The van der Waals surface area contributed by atoms with Crippen LogP contribution in [0.2, 0.25) is 0 Å². The van der Waals surface area contributed by atoms with Crippen LogP contribution >= 0.6 is 11.3 Å². The van der Waals surface area contributed by atoms with E-state index in [1.54, 1.807) is 12.1 Å². The third-order valence-corrected chi connectivity index (χ3v) is 7.48. The molecule has 1 unspecified atom stereocenters. The van der Waals surface area contributed by atoms with Crippen molar-refractivity contribution in [3.8, 4) is 0 Å². The largest absolute Gasteiger partial charge is 0.459 e. The summed E-state index contributed by atoms with van der Waals surface area (Å²) in [5.41, 5.74) is 1.94. The molecule has 1 atom stereocenters. The van der Waals surface area contributed by atoms with Crippen LogP contribution in [-0.4, -0.2) is 40.6 Å². The topological polar surface area (TPSA) is 92.5 Å². The molecule has 8 heteroatoms. The third-order valence-electron chi connectivity index (χ3n) is 6.43. The maximum atomic E-state index is 13.2. The second kappa shape index (κ2) is 9.31. The standard InChI is InChI=1S/C25H25N3O4S/c29-20-15-18(14-19-22(20)33-25(26-19)27-23(30)21-7-4-12-32-21)24(31)28-10-8-17(9-11-28)13-16-5-2-1-3-6-16/h1-7,12,17-18H,8-11,13-15H2,(H,26,27,30). The number of nitrogens with zero attached hydrogens (tertiary/aromatic N) is 2. The Balaban J connectivity index is 1.19. The predicted octanol–water partition coefficient (Wildman–Crippen LogP) is 4.21. The number of amides is 2. The van der Waals surface area contributed by atoms with E-state index >= 15 is 0 Å². The lowest BCUT2D eigenvalue weighted by Crippen LogP contribution is -2.44. The van der Waals surface area contributed by atoms with E-state index in [-0.39, 0.29) is 29.8 Å². The van der Waals surface area contributed by atoms with Crippen molar-refractivity contribution in [2.75, 3.05) is 18.4 Å². The molecule has 3 aromatic rings. The lowest BCUT2D eigenvalue weighted by molar-refractivity contribution is -0.137.